The van der Waals surface area contributed by atoms with Crippen LogP contribution in [0.4, 0.5) is 4.79 Å². The number of carbonyl (C=O) groups excluding carboxylic acids is 3. The first-order valence-electron chi connectivity index (χ1n) is 12.8. The molecule has 9 heteroatoms. The van der Waals surface area contributed by atoms with E-state index < -0.39 is 41.6 Å². The molecule has 4 atom stereocenters. The summed E-state index contributed by atoms with van der Waals surface area (Å²) in [6.07, 6.45) is 7.37. The van der Waals surface area contributed by atoms with Gasteiger partial charge in [-0.1, -0.05) is 75.8 Å². The number of hydrogen-bond acceptors (Lipinski definition) is 7. The number of ether oxygens (including phenoxy) is 2. The number of aliphatic hydroxyl groups excluding tert-OH is 1. The maximum absolute atomic E-state index is 13.4. The van der Waals surface area contributed by atoms with E-state index in [1.807, 2.05) is 30.3 Å². The molecule has 0 aliphatic carbocycles. The number of rotatable bonds is 13. The fraction of sp³-hybridized carbons (Fsp3) is 0.593. The van der Waals surface area contributed by atoms with Crippen molar-refractivity contribution in [3.63, 3.8) is 0 Å². The molecule has 1 fully saturated rings. The third-order valence-corrected chi connectivity index (χ3v) is 7.66. The number of amides is 2. The predicted molar refractivity (Wildman–Crippen MR) is 137 cm³/mol. The van der Waals surface area contributed by atoms with Crippen LogP contribution in [0.3, 0.4) is 0 Å². The molecule has 1 aromatic carbocycles. The number of nitrogens with zero attached hydrogens (tertiary/aromatic N) is 1. The second kappa shape index (κ2) is 13.5. The van der Waals surface area contributed by atoms with E-state index in [0.29, 0.717) is 6.42 Å². The Hall–Kier alpha value is -2.07. The first-order chi connectivity index (χ1) is 17.3. The maximum Gasteiger partial charge on any atom is 0.417 e. The van der Waals surface area contributed by atoms with Gasteiger partial charge >= 0.3 is 6.09 Å². The Kier molecular flexibility index (Phi) is 10.7. The maximum atomic E-state index is 13.4. The van der Waals surface area contributed by atoms with Crippen LogP contribution in [0.25, 0.3) is 0 Å². The summed E-state index contributed by atoms with van der Waals surface area (Å²) in [7, 11) is 0. The smallest absolute Gasteiger partial charge is 0.417 e. The molecule has 4 unspecified atom stereocenters. The van der Waals surface area contributed by atoms with Crippen LogP contribution in [0, 0.1) is 5.92 Å². The Labute approximate surface area is 220 Å². The second-order valence-corrected chi connectivity index (χ2v) is 10.4. The fourth-order valence-electron chi connectivity index (χ4n) is 4.64. The highest BCUT2D eigenvalue weighted by molar-refractivity contribution is 9.11. The number of imide groups is 1. The first kappa shape index (κ1) is 28.5. The van der Waals surface area contributed by atoms with Gasteiger partial charge in [0.1, 0.15) is 18.8 Å². The third kappa shape index (κ3) is 7.03. The topological polar surface area (TPSA) is 113 Å². The van der Waals surface area contributed by atoms with E-state index in [2.05, 4.69) is 15.9 Å². The van der Waals surface area contributed by atoms with Gasteiger partial charge in [0.2, 0.25) is 5.91 Å². The normalized spacial score (nSPS) is 25.0. The molecule has 0 aromatic heterocycles. The van der Waals surface area contributed by atoms with E-state index in [1.54, 1.807) is 0 Å². The molecule has 0 radical (unpaired) electrons. The van der Waals surface area contributed by atoms with Gasteiger partial charge in [0.15, 0.2) is 11.6 Å². The Bertz CT molecular complexity index is 937. The van der Waals surface area contributed by atoms with Crippen LogP contribution in [0.2, 0.25) is 0 Å². The van der Waals surface area contributed by atoms with Gasteiger partial charge in [-0.05, 0) is 40.4 Å². The summed E-state index contributed by atoms with van der Waals surface area (Å²) in [6.45, 7) is 1.81. The molecule has 0 bridgehead atoms. The Morgan fingerprint density at radius 1 is 1.08 bits per heavy atom. The highest BCUT2D eigenvalue weighted by Gasteiger charge is 2.48. The van der Waals surface area contributed by atoms with E-state index in [1.165, 1.54) is 13.0 Å². The van der Waals surface area contributed by atoms with Crippen molar-refractivity contribution >= 4 is 33.7 Å². The summed E-state index contributed by atoms with van der Waals surface area (Å²) in [5.74, 6) is -3.74. The molecule has 1 saturated heterocycles. The minimum atomic E-state index is -1.71. The Morgan fingerprint density at radius 2 is 1.69 bits per heavy atom. The molecule has 0 spiro atoms. The van der Waals surface area contributed by atoms with E-state index in [-0.39, 0.29) is 24.1 Å². The van der Waals surface area contributed by atoms with Gasteiger partial charge in [0.25, 0.3) is 0 Å². The van der Waals surface area contributed by atoms with Crippen molar-refractivity contribution in [2.45, 2.75) is 82.6 Å². The lowest BCUT2D eigenvalue weighted by atomic mass is 9.93. The standard InChI is InChI=1S/C27H36BrNO7/c1-19(25(32)29-21(18-35-26(29)33)20-13-9-8-10-14-20)24-22(31)17-23(28)27(34,36-24)15-11-6-4-2-3-5-7-12-16-30/h8-10,13-14,17,19,21,24,30,34H,2-7,11-12,15-16,18H2,1H3. The van der Waals surface area contributed by atoms with Crippen molar-refractivity contribution in [2.75, 3.05) is 13.2 Å². The molecule has 2 amide bonds. The number of halogens is 1. The van der Waals surface area contributed by atoms with Crippen LogP contribution < -0.4 is 0 Å². The molecule has 2 aliphatic rings. The van der Waals surface area contributed by atoms with Crippen molar-refractivity contribution in [1.29, 1.82) is 0 Å². The molecule has 1 aromatic rings. The minimum absolute atomic E-state index is 0.0393. The van der Waals surface area contributed by atoms with E-state index >= 15 is 0 Å². The van der Waals surface area contributed by atoms with Crippen molar-refractivity contribution in [3.8, 4) is 0 Å². The summed E-state index contributed by atoms with van der Waals surface area (Å²) in [4.78, 5) is 39.6. The molecule has 2 N–H and O–H groups in total. The van der Waals surface area contributed by atoms with Crippen LogP contribution in [-0.2, 0) is 19.1 Å². The first-order valence-corrected chi connectivity index (χ1v) is 13.5. The van der Waals surface area contributed by atoms with Crippen LogP contribution in [0.15, 0.2) is 40.9 Å². The lowest BCUT2D eigenvalue weighted by Gasteiger charge is -2.37. The average Bonchev–Trinajstić information content (AvgIpc) is 3.26. The zero-order valence-electron chi connectivity index (χ0n) is 20.7. The van der Waals surface area contributed by atoms with Gasteiger partial charge in [-0.15, -0.1) is 0 Å². The van der Waals surface area contributed by atoms with Crippen molar-refractivity contribution in [1.82, 2.24) is 4.90 Å². The summed E-state index contributed by atoms with van der Waals surface area (Å²) in [5, 5.41) is 20.0. The number of carbonyl (C=O) groups is 3. The zero-order valence-corrected chi connectivity index (χ0v) is 22.3. The number of ketones is 1. The summed E-state index contributed by atoms with van der Waals surface area (Å²) in [6, 6.07) is 8.52. The highest BCUT2D eigenvalue weighted by Crippen LogP contribution is 2.38. The third-order valence-electron chi connectivity index (χ3n) is 6.81. The molecule has 36 heavy (non-hydrogen) atoms. The number of hydrogen-bond donors (Lipinski definition) is 2. The molecule has 3 rings (SSSR count). The van der Waals surface area contributed by atoms with Crippen molar-refractivity contribution in [3.05, 3.63) is 46.5 Å². The SMILES string of the molecule is CC(C(=O)N1C(=O)OCC1c1ccccc1)C1OC(O)(CCCCCCCCCCO)C(Br)=CC1=O. The number of unbranched alkanes of at least 4 members (excludes halogenated alkanes) is 7. The van der Waals surface area contributed by atoms with Crippen LogP contribution in [0.5, 0.6) is 0 Å². The van der Waals surface area contributed by atoms with Gasteiger partial charge in [-0.25, -0.2) is 9.69 Å². The van der Waals surface area contributed by atoms with Gasteiger partial charge in [-0.3, -0.25) is 9.59 Å². The van der Waals surface area contributed by atoms with Crippen LogP contribution in [0.1, 0.15) is 76.3 Å². The Balaban J connectivity index is 1.59. The Morgan fingerprint density at radius 3 is 2.33 bits per heavy atom. The van der Waals surface area contributed by atoms with E-state index in [9.17, 15) is 19.5 Å². The lowest BCUT2D eigenvalue weighted by molar-refractivity contribution is -0.217. The van der Waals surface area contributed by atoms with Crippen molar-refractivity contribution in [2.24, 2.45) is 5.92 Å². The zero-order chi connectivity index (χ0) is 26.1. The fourth-order valence-corrected chi connectivity index (χ4v) is 5.16. The van der Waals surface area contributed by atoms with Gasteiger partial charge in [0.05, 0.1) is 10.4 Å². The monoisotopic (exact) mass is 565 g/mol. The number of benzene rings is 1. The summed E-state index contributed by atoms with van der Waals surface area (Å²) < 4.78 is 11.2. The minimum Gasteiger partial charge on any atom is -0.446 e. The van der Waals surface area contributed by atoms with Gasteiger partial charge in [0, 0.05) is 13.0 Å². The molecule has 0 saturated carbocycles. The molecule has 198 valence electrons. The molecular weight excluding hydrogens is 530 g/mol. The summed E-state index contributed by atoms with van der Waals surface area (Å²) in [5.41, 5.74) is 0.757. The van der Waals surface area contributed by atoms with Gasteiger partial charge < -0.3 is 19.7 Å². The largest absolute Gasteiger partial charge is 0.446 e. The highest BCUT2D eigenvalue weighted by atomic mass is 79.9. The van der Waals surface area contributed by atoms with E-state index in [0.717, 1.165) is 55.4 Å². The number of cyclic esters (lactones) is 1. The summed E-state index contributed by atoms with van der Waals surface area (Å²) >= 11 is 3.27. The average molecular weight is 566 g/mol. The quantitative estimate of drug-likeness (QED) is 0.331. The van der Waals surface area contributed by atoms with Crippen molar-refractivity contribution < 1.29 is 34.1 Å². The van der Waals surface area contributed by atoms with Gasteiger partial charge in [-0.2, -0.15) is 0 Å². The molecule has 2 aliphatic heterocycles. The van der Waals surface area contributed by atoms with Crippen LogP contribution in [-0.4, -0.2) is 58.0 Å². The molecule has 2 heterocycles. The van der Waals surface area contributed by atoms with E-state index in [4.69, 9.17) is 14.6 Å². The molecule has 8 nitrogen and oxygen atoms in total. The molecular formula is C27H36BrNO7. The predicted octanol–water partition coefficient (Wildman–Crippen LogP) is 4.78. The van der Waals surface area contributed by atoms with Crippen LogP contribution >= 0.6 is 15.9 Å². The second-order valence-electron chi connectivity index (χ2n) is 9.52. The lowest BCUT2D eigenvalue weighted by Crippen LogP contribution is -2.51. The number of aliphatic hydroxyl groups is 2.